The van der Waals surface area contributed by atoms with Crippen LogP contribution in [0.15, 0.2) is 12.1 Å². The molecule has 2 heterocycles. The monoisotopic (exact) mass is 238 g/mol. The molecule has 2 N–H and O–H groups in total. The third-order valence-corrected chi connectivity index (χ3v) is 4.50. The zero-order valence-electron chi connectivity index (χ0n) is 10.4. The number of aryl methyl sites for hydroxylation is 1. The fourth-order valence-electron chi connectivity index (χ4n) is 2.62. The lowest BCUT2D eigenvalue weighted by Gasteiger charge is -2.41. The van der Waals surface area contributed by atoms with Gasteiger partial charge in [-0.2, -0.15) is 0 Å². The molecule has 1 saturated heterocycles. The molecule has 90 valence electrons. The highest BCUT2D eigenvalue weighted by atomic mass is 32.1. The quantitative estimate of drug-likeness (QED) is 0.858. The average molecular weight is 238 g/mol. The third-order valence-electron chi connectivity index (χ3n) is 3.43. The topological polar surface area (TPSA) is 29.3 Å². The molecule has 1 fully saturated rings. The standard InChI is InChI=1S/C13H22N2S/c1-9(2)15-8-4-5-11(14)13(15)12-7-6-10(3)16-12/h6-7,9,11,13H,4-5,8,14H2,1-3H3. The Balaban J connectivity index is 2.26. The van der Waals surface area contributed by atoms with Crippen molar-refractivity contribution in [1.29, 1.82) is 0 Å². The number of thiophene rings is 1. The largest absolute Gasteiger partial charge is 0.326 e. The summed E-state index contributed by atoms with van der Waals surface area (Å²) in [6.07, 6.45) is 2.39. The smallest absolute Gasteiger partial charge is 0.0595 e. The lowest BCUT2D eigenvalue weighted by atomic mass is 9.94. The van der Waals surface area contributed by atoms with Crippen LogP contribution in [0, 0.1) is 6.92 Å². The van der Waals surface area contributed by atoms with Crippen LogP contribution in [0.1, 0.15) is 42.5 Å². The minimum absolute atomic E-state index is 0.300. The van der Waals surface area contributed by atoms with Gasteiger partial charge in [-0.3, -0.25) is 4.90 Å². The highest BCUT2D eigenvalue weighted by molar-refractivity contribution is 7.12. The number of hydrogen-bond acceptors (Lipinski definition) is 3. The Morgan fingerprint density at radius 2 is 2.19 bits per heavy atom. The second kappa shape index (κ2) is 4.86. The molecule has 0 saturated carbocycles. The Bertz CT molecular complexity index is 345. The lowest BCUT2D eigenvalue weighted by Crippen LogP contribution is -2.48. The van der Waals surface area contributed by atoms with E-state index < -0.39 is 0 Å². The SMILES string of the molecule is Cc1ccc(C2C(N)CCCN2C(C)C)s1. The minimum atomic E-state index is 0.300. The maximum Gasteiger partial charge on any atom is 0.0595 e. The van der Waals surface area contributed by atoms with Gasteiger partial charge in [0.1, 0.15) is 0 Å². The first-order chi connectivity index (χ1) is 7.59. The van der Waals surface area contributed by atoms with Crippen molar-refractivity contribution in [1.82, 2.24) is 4.90 Å². The Labute approximate surface area is 102 Å². The van der Waals surface area contributed by atoms with Crippen LogP contribution in [0.4, 0.5) is 0 Å². The van der Waals surface area contributed by atoms with Gasteiger partial charge >= 0.3 is 0 Å². The summed E-state index contributed by atoms with van der Waals surface area (Å²) >= 11 is 1.90. The van der Waals surface area contributed by atoms with Gasteiger partial charge in [-0.05, 0) is 52.3 Å². The predicted molar refractivity (Wildman–Crippen MR) is 70.8 cm³/mol. The summed E-state index contributed by atoms with van der Waals surface area (Å²) in [6.45, 7) is 7.90. The van der Waals surface area contributed by atoms with E-state index in [0.29, 0.717) is 18.1 Å². The van der Waals surface area contributed by atoms with Gasteiger partial charge in [-0.15, -0.1) is 11.3 Å². The Kier molecular flexibility index (Phi) is 3.67. The van der Waals surface area contributed by atoms with Crippen LogP contribution in [-0.4, -0.2) is 23.5 Å². The Hall–Kier alpha value is -0.380. The van der Waals surface area contributed by atoms with Crippen molar-refractivity contribution in [2.45, 2.75) is 51.7 Å². The van der Waals surface area contributed by atoms with Crippen molar-refractivity contribution in [2.24, 2.45) is 5.73 Å². The molecule has 0 bridgehead atoms. The molecule has 16 heavy (non-hydrogen) atoms. The van der Waals surface area contributed by atoms with Crippen molar-refractivity contribution in [2.75, 3.05) is 6.54 Å². The van der Waals surface area contributed by atoms with Crippen LogP contribution < -0.4 is 5.73 Å². The number of piperidine rings is 1. The highest BCUT2D eigenvalue weighted by Crippen LogP contribution is 2.35. The van der Waals surface area contributed by atoms with Gasteiger partial charge in [0.2, 0.25) is 0 Å². The number of nitrogens with zero attached hydrogens (tertiary/aromatic N) is 1. The summed E-state index contributed by atoms with van der Waals surface area (Å²) in [5.74, 6) is 0. The van der Waals surface area contributed by atoms with Crippen LogP contribution in [0.3, 0.4) is 0 Å². The molecule has 1 aliphatic heterocycles. The summed E-state index contributed by atoms with van der Waals surface area (Å²) in [5, 5.41) is 0. The van der Waals surface area contributed by atoms with E-state index in [1.165, 1.54) is 22.7 Å². The van der Waals surface area contributed by atoms with Crippen LogP contribution in [0.2, 0.25) is 0 Å². The van der Waals surface area contributed by atoms with Gasteiger partial charge in [0.05, 0.1) is 6.04 Å². The fraction of sp³-hybridized carbons (Fsp3) is 0.692. The molecule has 3 heteroatoms. The minimum Gasteiger partial charge on any atom is -0.326 e. The van der Waals surface area contributed by atoms with E-state index in [-0.39, 0.29) is 0 Å². The van der Waals surface area contributed by atoms with Gasteiger partial charge in [-0.25, -0.2) is 0 Å². The molecule has 0 radical (unpaired) electrons. The number of likely N-dealkylation sites (tertiary alicyclic amines) is 1. The zero-order valence-corrected chi connectivity index (χ0v) is 11.3. The normalized spacial score (nSPS) is 27.6. The highest BCUT2D eigenvalue weighted by Gasteiger charge is 2.32. The van der Waals surface area contributed by atoms with Gasteiger partial charge in [0.15, 0.2) is 0 Å². The second-order valence-corrected chi connectivity index (χ2v) is 6.35. The average Bonchev–Trinajstić information content (AvgIpc) is 2.64. The number of rotatable bonds is 2. The van der Waals surface area contributed by atoms with Crippen LogP contribution in [0.5, 0.6) is 0 Å². The summed E-state index contributed by atoms with van der Waals surface area (Å²) in [5.41, 5.74) is 6.31. The molecule has 2 atom stereocenters. The van der Waals surface area contributed by atoms with Crippen LogP contribution in [-0.2, 0) is 0 Å². The first kappa shape index (κ1) is 12.1. The molecule has 0 aliphatic carbocycles. The third kappa shape index (κ3) is 2.31. The maximum absolute atomic E-state index is 6.31. The van der Waals surface area contributed by atoms with Crippen molar-refractivity contribution in [3.63, 3.8) is 0 Å². The van der Waals surface area contributed by atoms with E-state index in [9.17, 15) is 0 Å². The molecule has 1 aliphatic rings. The maximum atomic E-state index is 6.31. The zero-order chi connectivity index (χ0) is 11.7. The Morgan fingerprint density at radius 1 is 1.44 bits per heavy atom. The van der Waals surface area contributed by atoms with Crippen molar-refractivity contribution < 1.29 is 0 Å². The van der Waals surface area contributed by atoms with E-state index in [1.54, 1.807) is 0 Å². The summed E-state index contributed by atoms with van der Waals surface area (Å²) in [4.78, 5) is 5.38. The molecule has 0 spiro atoms. The predicted octanol–water partition coefficient (Wildman–Crippen LogP) is 2.93. The molecule has 2 unspecified atom stereocenters. The van der Waals surface area contributed by atoms with Gasteiger partial charge in [0, 0.05) is 21.8 Å². The first-order valence-electron chi connectivity index (χ1n) is 6.17. The molecule has 0 aromatic carbocycles. The van der Waals surface area contributed by atoms with Crippen molar-refractivity contribution in [3.8, 4) is 0 Å². The van der Waals surface area contributed by atoms with Crippen molar-refractivity contribution >= 4 is 11.3 Å². The number of nitrogens with two attached hydrogens (primary N) is 1. The molecular formula is C13H22N2S. The molecule has 1 aromatic rings. The summed E-state index contributed by atoms with van der Waals surface area (Å²) in [6, 6.07) is 5.78. The van der Waals surface area contributed by atoms with Gasteiger partial charge < -0.3 is 5.73 Å². The molecule has 2 rings (SSSR count). The van der Waals surface area contributed by atoms with E-state index in [4.69, 9.17) is 5.73 Å². The summed E-state index contributed by atoms with van der Waals surface area (Å²) in [7, 11) is 0. The van der Waals surface area contributed by atoms with Crippen LogP contribution in [0.25, 0.3) is 0 Å². The number of hydrogen-bond donors (Lipinski definition) is 1. The van der Waals surface area contributed by atoms with E-state index in [1.807, 2.05) is 11.3 Å². The summed E-state index contributed by atoms with van der Waals surface area (Å²) < 4.78 is 0. The second-order valence-electron chi connectivity index (χ2n) is 5.03. The van der Waals surface area contributed by atoms with E-state index in [0.717, 1.165) is 6.42 Å². The molecule has 1 aromatic heterocycles. The fourth-order valence-corrected chi connectivity index (χ4v) is 3.69. The molecule has 0 amide bonds. The van der Waals surface area contributed by atoms with Crippen LogP contribution >= 0.6 is 11.3 Å². The molecular weight excluding hydrogens is 216 g/mol. The van der Waals surface area contributed by atoms with Crippen molar-refractivity contribution in [3.05, 3.63) is 21.9 Å². The van der Waals surface area contributed by atoms with Gasteiger partial charge in [0.25, 0.3) is 0 Å². The van der Waals surface area contributed by atoms with E-state index in [2.05, 4.69) is 37.8 Å². The van der Waals surface area contributed by atoms with E-state index >= 15 is 0 Å². The lowest BCUT2D eigenvalue weighted by molar-refractivity contribution is 0.0970. The first-order valence-corrected chi connectivity index (χ1v) is 6.99. The van der Waals surface area contributed by atoms with Gasteiger partial charge in [-0.1, -0.05) is 0 Å². The Morgan fingerprint density at radius 3 is 2.75 bits per heavy atom. The molecule has 2 nitrogen and oxygen atoms in total.